The largest absolute Gasteiger partial charge is 0.486 e. The Balaban J connectivity index is 1.33. The van der Waals surface area contributed by atoms with Gasteiger partial charge in [0.1, 0.15) is 29.7 Å². The summed E-state index contributed by atoms with van der Waals surface area (Å²) in [4.78, 5) is 38.2. The van der Waals surface area contributed by atoms with Crippen molar-refractivity contribution >= 4 is 39.7 Å². The fourth-order valence-corrected chi connectivity index (χ4v) is 5.29. The molecule has 9 nitrogen and oxygen atoms in total. The van der Waals surface area contributed by atoms with Crippen LogP contribution >= 0.6 is 11.3 Å². The Labute approximate surface area is 195 Å². The number of hydrogen-bond donors (Lipinski definition) is 1. The van der Waals surface area contributed by atoms with Gasteiger partial charge in [-0.3, -0.25) is 9.59 Å². The normalized spacial score (nSPS) is 18.2. The Kier molecular flexibility index (Phi) is 5.99. The van der Waals surface area contributed by atoms with Crippen molar-refractivity contribution in [2.75, 3.05) is 44.6 Å². The standard InChI is InChI=1S/C23H25N5O4S/c1-15-19-21(24-11-16-12-31-17-5-2-3-6-18(17)32-16)25-13-26-22(19)33-20(15)23(30)28-8-4-7-27(14-29)9-10-28/h2-3,5-6,13-14,16H,4,7-12H2,1H3,(H,24,25,26). The number of rotatable bonds is 5. The van der Waals surface area contributed by atoms with Gasteiger partial charge < -0.3 is 24.6 Å². The minimum absolute atomic E-state index is 0.0187. The molecule has 2 aliphatic heterocycles. The molecule has 1 atom stereocenters. The van der Waals surface area contributed by atoms with E-state index in [1.165, 1.54) is 17.7 Å². The number of thiophene rings is 1. The molecule has 1 fully saturated rings. The second kappa shape index (κ2) is 9.22. The molecule has 33 heavy (non-hydrogen) atoms. The molecule has 172 valence electrons. The Morgan fingerprint density at radius 1 is 1.21 bits per heavy atom. The van der Waals surface area contributed by atoms with Gasteiger partial charge in [0, 0.05) is 26.2 Å². The van der Waals surface area contributed by atoms with Crippen molar-refractivity contribution in [3.8, 4) is 11.5 Å². The van der Waals surface area contributed by atoms with Gasteiger partial charge in [-0.25, -0.2) is 9.97 Å². The van der Waals surface area contributed by atoms with Gasteiger partial charge in [-0.2, -0.15) is 0 Å². The van der Waals surface area contributed by atoms with Gasteiger partial charge in [0.05, 0.1) is 16.8 Å². The van der Waals surface area contributed by atoms with E-state index in [9.17, 15) is 9.59 Å². The summed E-state index contributed by atoms with van der Waals surface area (Å²) in [5, 5.41) is 4.22. The molecule has 0 saturated carbocycles. The summed E-state index contributed by atoms with van der Waals surface area (Å²) in [6.45, 7) is 5.28. The maximum atomic E-state index is 13.3. The summed E-state index contributed by atoms with van der Waals surface area (Å²) in [7, 11) is 0. The zero-order valence-electron chi connectivity index (χ0n) is 18.3. The Morgan fingerprint density at radius 2 is 2.06 bits per heavy atom. The summed E-state index contributed by atoms with van der Waals surface area (Å²) in [6.07, 6.45) is 2.97. The molecule has 10 heteroatoms. The minimum atomic E-state index is -0.164. The number of ether oxygens (including phenoxy) is 2. The Bertz CT molecular complexity index is 1180. The molecule has 2 aliphatic rings. The van der Waals surface area contributed by atoms with Crippen LogP contribution < -0.4 is 14.8 Å². The lowest BCUT2D eigenvalue weighted by molar-refractivity contribution is -0.118. The summed E-state index contributed by atoms with van der Waals surface area (Å²) < 4.78 is 11.8. The van der Waals surface area contributed by atoms with Crippen LogP contribution in [0.3, 0.4) is 0 Å². The van der Waals surface area contributed by atoms with Crippen LogP contribution in [-0.4, -0.2) is 77.5 Å². The van der Waals surface area contributed by atoms with E-state index in [1.807, 2.05) is 36.1 Å². The van der Waals surface area contributed by atoms with E-state index < -0.39 is 0 Å². The number of aromatic nitrogens is 2. The number of benzene rings is 1. The predicted octanol–water partition coefficient (Wildman–Crippen LogP) is 2.56. The molecule has 3 aromatic rings. The highest BCUT2D eigenvalue weighted by Gasteiger charge is 2.26. The molecule has 5 rings (SSSR count). The number of aryl methyl sites for hydroxylation is 1. The van der Waals surface area contributed by atoms with Crippen molar-refractivity contribution in [3.63, 3.8) is 0 Å². The van der Waals surface area contributed by atoms with E-state index in [4.69, 9.17) is 9.47 Å². The van der Waals surface area contributed by atoms with Crippen molar-refractivity contribution in [1.29, 1.82) is 0 Å². The van der Waals surface area contributed by atoms with Gasteiger partial charge in [-0.1, -0.05) is 12.1 Å². The van der Waals surface area contributed by atoms with Crippen molar-refractivity contribution < 1.29 is 19.1 Å². The molecule has 0 radical (unpaired) electrons. The van der Waals surface area contributed by atoms with Crippen molar-refractivity contribution in [3.05, 3.63) is 41.0 Å². The molecular formula is C23H25N5O4S. The van der Waals surface area contributed by atoms with Crippen LogP contribution in [-0.2, 0) is 4.79 Å². The zero-order valence-corrected chi connectivity index (χ0v) is 19.1. The zero-order chi connectivity index (χ0) is 22.8. The summed E-state index contributed by atoms with van der Waals surface area (Å²) >= 11 is 1.38. The van der Waals surface area contributed by atoms with Gasteiger partial charge in [0.25, 0.3) is 5.91 Å². The third-order valence-electron chi connectivity index (χ3n) is 5.95. The molecule has 2 aromatic heterocycles. The van der Waals surface area contributed by atoms with Crippen LogP contribution in [0.1, 0.15) is 21.7 Å². The second-order valence-electron chi connectivity index (χ2n) is 8.12. The maximum absolute atomic E-state index is 13.3. The number of amides is 2. The van der Waals surface area contributed by atoms with Crippen LogP contribution in [0.2, 0.25) is 0 Å². The van der Waals surface area contributed by atoms with E-state index in [2.05, 4.69) is 15.3 Å². The van der Waals surface area contributed by atoms with E-state index in [1.54, 1.807) is 4.90 Å². The number of carbonyl (C=O) groups excluding carboxylic acids is 2. The van der Waals surface area contributed by atoms with Gasteiger partial charge in [-0.15, -0.1) is 11.3 Å². The van der Waals surface area contributed by atoms with Crippen LogP contribution in [0.4, 0.5) is 5.82 Å². The molecular weight excluding hydrogens is 442 g/mol. The Hall–Kier alpha value is -3.40. The molecule has 1 saturated heterocycles. The van der Waals surface area contributed by atoms with Crippen LogP contribution in [0, 0.1) is 6.92 Å². The first-order chi connectivity index (χ1) is 16.1. The minimum Gasteiger partial charge on any atom is -0.486 e. The fraction of sp³-hybridized carbons (Fsp3) is 0.391. The number of carbonyl (C=O) groups is 2. The molecule has 1 N–H and O–H groups in total. The van der Waals surface area contributed by atoms with Crippen LogP contribution in [0.5, 0.6) is 11.5 Å². The first-order valence-corrected chi connectivity index (χ1v) is 11.8. The van der Waals surface area contributed by atoms with Gasteiger partial charge in [0.15, 0.2) is 11.5 Å². The van der Waals surface area contributed by atoms with Gasteiger partial charge in [-0.05, 0) is 31.0 Å². The van der Waals surface area contributed by atoms with E-state index in [0.29, 0.717) is 50.0 Å². The molecule has 0 bridgehead atoms. The fourth-order valence-electron chi connectivity index (χ4n) is 4.17. The molecule has 2 amide bonds. The number of para-hydroxylation sites is 2. The number of hydrogen-bond acceptors (Lipinski definition) is 8. The number of fused-ring (bicyclic) bond motifs is 2. The number of nitrogens with one attached hydrogen (secondary N) is 1. The smallest absolute Gasteiger partial charge is 0.264 e. The maximum Gasteiger partial charge on any atom is 0.264 e. The highest BCUT2D eigenvalue weighted by molar-refractivity contribution is 7.20. The lowest BCUT2D eigenvalue weighted by Crippen LogP contribution is -2.35. The topological polar surface area (TPSA) is 96.9 Å². The van der Waals surface area contributed by atoms with E-state index in [-0.39, 0.29) is 12.0 Å². The third-order valence-corrected chi connectivity index (χ3v) is 7.14. The lowest BCUT2D eigenvalue weighted by atomic mass is 10.2. The lowest BCUT2D eigenvalue weighted by Gasteiger charge is -2.26. The summed E-state index contributed by atoms with van der Waals surface area (Å²) in [5.74, 6) is 2.14. The van der Waals surface area contributed by atoms with Crippen molar-refractivity contribution in [2.24, 2.45) is 0 Å². The molecule has 0 aliphatic carbocycles. The molecule has 1 unspecified atom stereocenters. The number of nitrogens with zero attached hydrogens (tertiary/aromatic N) is 4. The van der Waals surface area contributed by atoms with Crippen LogP contribution in [0.15, 0.2) is 30.6 Å². The third kappa shape index (κ3) is 4.30. The molecule has 4 heterocycles. The Morgan fingerprint density at radius 3 is 2.91 bits per heavy atom. The number of anilines is 1. The van der Waals surface area contributed by atoms with Crippen molar-refractivity contribution in [1.82, 2.24) is 19.8 Å². The van der Waals surface area contributed by atoms with Crippen LogP contribution in [0.25, 0.3) is 10.2 Å². The van der Waals surface area contributed by atoms with E-state index in [0.717, 1.165) is 40.1 Å². The van der Waals surface area contributed by atoms with Crippen molar-refractivity contribution in [2.45, 2.75) is 19.4 Å². The van der Waals surface area contributed by atoms with Gasteiger partial charge in [0.2, 0.25) is 6.41 Å². The molecule has 0 spiro atoms. The predicted molar refractivity (Wildman–Crippen MR) is 125 cm³/mol. The highest BCUT2D eigenvalue weighted by atomic mass is 32.1. The average molecular weight is 468 g/mol. The van der Waals surface area contributed by atoms with E-state index >= 15 is 0 Å². The highest BCUT2D eigenvalue weighted by Crippen LogP contribution is 2.35. The molecule has 1 aromatic carbocycles. The summed E-state index contributed by atoms with van der Waals surface area (Å²) in [6, 6.07) is 7.62. The average Bonchev–Trinajstić information content (AvgIpc) is 3.03. The van der Waals surface area contributed by atoms with Gasteiger partial charge >= 0.3 is 0 Å². The quantitative estimate of drug-likeness (QED) is 0.576. The monoisotopic (exact) mass is 467 g/mol. The first-order valence-electron chi connectivity index (χ1n) is 11.0. The summed E-state index contributed by atoms with van der Waals surface area (Å²) in [5.41, 5.74) is 0.866. The SMILES string of the molecule is Cc1c(C(=O)N2CCCN(C=O)CC2)sc2ncnc(NCC3COc4ccccc4O3)c12. The second-order valence-corrected chi connectivity index (χ2v) is 9.12. The first kappa shape index (κ1) is 21.4.